The molecule has 5 aromatic heterocycles. The maximum Gasteiger partial charge on any atom is 0.0609 e. The van der Waals surface area contributed by atoms with Crippen molar-refractivity contribution in [2.75, 3.05) is 0 Å². The summed E-state index contributed by atoms with van der Waals surface area (Å²) in [4.78, 5) is 10.3. The number of hydrogen-bond donors (Lipinski definition) is 0. The number of imidazole rings is 1. The molecule has 0 saturated heterocycles. The Morgan fingerprint density at radius 3 is 2.33 bits per heavy atom. The summed E-state index contributed by atoms with van der Waals surface area (Å²) in [7, 11) is 0. The van der Waals surface area contributed by atoms with Crippen molar-refractivity contribution in [1.82, 2.24) is 18.9 Å². The molecule has 6 heteroatoms. The number of nitrogens with zero attached hydrogens (tertiary/aromatic N) is 4. The first kappa shape index (κ1) is 21.5. The van der Waals surface area contributed by atoms with Crippen molar-refractivity contribution in [1.29, 1.82) is 0 Å². The Hall–Kier alpha value is -3.83. The van der Waals surface area contributed by atoms with Crippen molar-refractivity contribution < 1.29 is 20.1 Å². The Kier molecular flexibility index (Phi) is 4.83. The predicted molar refractivity (Wildman–Crippen MR) is 144 cm³/mol. The molecule has 8 rings (SSSR count). The van der Waals surface area contributed by atoms with Gasteiger partial charge in [0.15, 0.2) is 0 Å². The number of benzene rings is 3. The summed E-state index contributed by atoms with van der Waals surface area (Å²) in [6.07, 6.45) is 7.65. The number of rotatable bonds is 2. The van der Waals surface area contributed by atoms with Gasteiger partial charge in [-0.25, -0.2) is 0 Å². The SMILES string of the molecule is [Ir].[c-]1sc(-c2cccc(-n3c4ccccc4c4ccccc43)c2)c2c1c1nccn1c1ccncc21. The molecule has 0 unspecified atom stereocenters. The van der Waals surface area contributed by atoms with E-state index in [0.717, 1.165) is 33.0 Å². The van der Waals surface area contributed by atoms with E-state index in [2.05, 4.69) is 103 Å². The molecule has 173 valence electrons. The Bertz CT molecular complexity index is 2030. The van der Waals surface area contributed by atoms with E-state index in [4.69, 9.17) is 0 Å². The molecule has 1 radical (unpaired) electrons. The number of para-hydroxylation sites is 2. The molecule has 8 aromatic rings. The van der Waals surface area contributed by atoms with Gasteiger partial charge in [0.1, 0.15) is 0 Å². The summed E-state index contributed by atoms with van der Waals surface area (Å²) in [5.41, 5.74) is 6.77. The first-order chi connectivity index (χ1) is 17.4. The van der Waals surface area contributed by atoms with Crippen LogP contribution in [0.2, 0.25) is 0 Å². The van der Waals surface area contributed by atoms with Crippen LogP contribution >= 0.6 is 11.3 Å². The zero-order valence-corrected chi connectivity index (χ0v) is 22.1. The van der Waals surface area contributed by atoms with Crippen LogP contribution in [0.4, 0.5) is 0 Å². The molecule has 0 aliphatic heterocycles. The number of fused-ring (bicyclic) bond motifs is 9. The fraction of sp³-hybridized carbons (Fsp3) is 0. The second kappa shape index (κ2) is 8.10. The minimum Gasteiger partial charge on any atom is -0.340 e. The number of pyridine rings is 2. The normalized spacial score (nSPS) is 11.7. The molecule has 0 aliphatic carbocycles. The molecule has 0 atom stereocenters. The molecule has 0 fully saturated rings. The van der Waals surface area contributed by atoms with E-state index < -0.39 is 0 Å². The Morgan fingerprint density at radius 1 is 0.750 bits per heavy atom. The van der Waals surface area contributed by atoms with Crippen molar-refractivity contribution in [2.24, 2.45) is 0 Å². The number of aromatic nitrogens is 4. The smallest absolute Gasteiger partial charge is 0.0609 e. The van der Waals surface area contributed by atoms with Crippen LogP contribution in [0.3, 0.4) is 0 Å². The standard InChI is InChI=1S/C30H17N4S.Ir/c1-3-10-26-21(8-1)22-9-2-4-11-27(22)34(26)20-7-5-6-19(16-20)29-28-23-17-31-13-12-25(23)33-15-14-32-30(33)24(28)18-35-29;/h1-17H;/q-1;. The maximum absolute atomic E-state index is 4.64. The van der Waals surface area contributed by atoms with Crippen molar-refractivity contribution >= 4 is 60.5 Å². The third-order valence-electron chi connectivity index (χ3n) is 6.87. The van der Waals surface area contributed by atoms with Crippen LogP contribution in [0.5, 0.6) is 0 Å². The van der Waals surface area contributed by atoms with Gasteiger partial charge in [0, 0.05) is 66.9 Å². The largest absolute Gasteiger partial charge is 0.340 e. The Balaban J connectivity index is 0.00000220. The number of thiophene rings is 1. The first-order valence-corrected chi connectivity index (χ1v) is 12.3. The summed E-state index contributed by atoms with van der Waals surface area (Å²) < 4.78 is 4.49. The first-order valence-electron chi connectivity index (χ1n) is 11.5. The third-order valence-corrected chi connectivity index (χ3v) is 7.82. The fourth-order valence-electron chi connectivity index (χ4n) is 5.39. The molecular formula is C30H17IrN4S-. The molecule has 5 heterocycles. The second-order valence-corrected chi connectivity index (χ2v) is 9.53. The van der Waals surface area contributed by atoms with Gasteiger partial charge in [0.25, 0.3) is 0 Å². The maximum atomic E-state index is 4.64. The molecule has 0 aliphatic rings. The molecule has 3 aromatic carbocycles. The van der Waals surface area contributed by atoms with Gasteiger partial charge in [-0.05, 0) is 35.7 Å². The summed E-state index contributed by atoms with van der Waals surface area (Å²) in [6, 6.07) is 28.1. The molecule has 0 N–H and O–H groups in total. The van der Waals surface area contributed by atoms with Crippen molar-refractivity contribution in [3.05, 3.63) is 109 Å². The van der Waals surface area contributed by atoms with Gasteiger partial charge >= 0.3 is 0 Å². The van der Waals surface area contributed by atoms with Crippen LogP contribution in [0.15, 0.2) is 104 Å². The molecule has 0 bridgehead atoms. The van der Waals surface area contributed by atoms with Crippen molar-refractivity contribution in [3.8, 4) is 16.1 Å². The molecule has 0 amide bonds. The molecular weight excluding hydrogens is 641 g/mol. The minimum absolute atomic E-state index is 0. The van der Waals surface area contributed by atoms with Crippen LogP contribution in [0.25, 0.3) is 65.3 Å². The fourth-order valence-corrected chi connectivity index (χ4v) is 6.35. The Labute approximate surface area is 223 Å². The quantitative estimate of drug-likeness (QED) is 0.179. The van der Waals surface area contributed by atoms with Crippen LogP contribution in [0.1, 0.15) is 0 Å². The third kappa shape index (κ3) is 2.89. The van der Waals surface area contributed by atoms with Gasteiger partial charge in [-0.3, -0.25) is 21.3 Å². The van der Waals surface area contributed by atoms with E-state index in [0.29, 0.717) is 0 Å². The molecule has 36 heavy (non-hydrogen) atoms. The van der Waals surface area contributed by atoms with Crippen molar-refractivity contribution in [2.45, 2.75) is 0 Å². The van der Waals surface area contributed by atoms with E-state index in [1.54, 1.807) is 11.3 Å². The summed E-state index contributed by atoms with van der Waals surface area (Å²) in [5, 5.41) is 9.39. The molecule has 4 nitrogen and oxygen atoms in total. The van der Waals surface area contributed by atoms with E-state index in [1.807, 2.05) is 24.8 Å². The van der Waals surface area contributed by atoms with E-state index in [-0.39, 0.29) is 20.1 Å². The van der Waals surface area contributed by atoms with E-state index in [1.165, 1.54) is 32.2 Å². The second-order valence-electron chi connectivity index (χ2n) is 8.72. The van der Waals surface area contributed by atoms with Gasteiger partial charge in [0.2, 0.25) is 0 Å². The monoisotopic (exact) mass is 658 g/mol. The summed E-state index contributed by atoms with van der Waals surface area (Å²) in [6.45, 7) is 0. The van der Waals surface area contributed by atoms with E-state index >= 15 is 0 Å². The summed E-state index contributed by atoms with van der Waals surface area (Å²) >= 11 is 1.65. The zero-order valence-electron chi connectivity index (χ0n) is 18.8. The van der Waals surface area contributed by atoms with Gasteiger partial charge in [-0.2, -0.15) is 0 Å². The summed E-state index contributed by atoms with van der Waals surface area (Å²) in [5.74, 6) is 0. The zero-order chi connectivity index (χ0) is 22.9. The van der Waals surface area contributed by atoms with Gasteiger partial charge in [0.05, 0.1) is 16.7 Å². The topological polar surface area (TPSA) is 35.1 Å². The number of hydrogen-bond acceptors (Lipinski definition) is 3. The van der Waals surface area contributed by atoms with E-state index in [9.17, 15) is 0 Å². The van der Waals surface area contributed by atoms with Crippen LogP contribution in [-0.2, 0) is 20.1 Å². The van der Waals surface area contributed by atoms with Crippen LogP contribution in [0, 0.1) is 5.38 Å². The van der Waals surface area contributed by atoms with Gasteiger partial charge in [-0.15, -0.1) is 5.39 Å². The average Bonchev–Trinajstić information content (AvgIpc) is 3.64. The minimum atomic E-state index is 0. The molecule has 0 saturated carbocycles. The van der Waals surface area contributed by atoms with Crippen LogP contribution < -0.4 is 0 Å². The van der Waals surface area contributed by atoms with Crippen LogP contribution in [-0.4, -0.2) is 18.9 Å². The molecule has 0 spiro atoms. The van der Waals surface area contributed by atoms with Crippen molar-refractivity contribution in [3.63, 3.8) is 0 Å². The van der Waals surface area contributed by atoms with Gasteiger partial charge in [-0.1, -0.05) is 69.7 Å². The Morgan fingerprint density at radius 2 is 1.53 bits per heavy atom. The van der Waals surface area contributed by atoms with Gasteiger partial charge < -0.3 is 8.97 Å². The average molecular weight is 658 g/mol. The predicted octanol–water partition coefficient (Wildman–Crippen LogP) is 7.66.